The van der Waals surface area contributed by atoms with Gasteiger partial charge in [0.1, 0.15) is 11.5 Å². The molecule has 0 fully saturated rings. The number of aryl methyl sites for hydroxylation is 2. The molecule has 0 saturated carbocycles. The van der Waals surface area contributed by atoms with Gasteiger partial charge in [0.25, 0.3) is 0 Å². The SMILES string of the molecule is COc1ccc(CCC(Br)c2ccc(OC)c(C)c2)cc1. The van der Waals surface area contributed by atoms with Crippen LogP contribution in [0.15, 0.2) is 42.5 Å². The molecule has 112 valence electrons. The van der Waals surface area contributed by atoms with E-state index in [0.29, 0.717) is 4.83 Å². The van der Waals surface area contributed by atoms with Crippen LogP contribution >= 0.6 is 15.9 Å². The molecule has 0 aliphatic heterocycles. The fraction of sp³-hybridized carbons (Fsp3) is 0.333. The number of alkyl halides is 1. The largest absolute Gasteiger partial charge is 0.497 e. The van der Waals surface area contributed by atoms with Crippen molar-refractivity contribution >= 4 is 15.9 Å². The Balaban J connectivity index is 1.97. The third-order valence-electron chi connectivity index (χ3n) is 3.63. The zero-order chi connectivity index (χ0) is 15.2. The van der Waals surface area contributed by atoms with Crippen molar-refractivity contribution in [1.29, 1.82) is 0 Å². The highest BCUT2D eigenvalue weighted by molar-refractivity contribution is 9.09. The van der Waals surface area contributed by atoms with Crippen molar-refractivity contribution in [2.45, 2.75) is 24.6 Å². The zero-order valence-corrected chi connectivity index (χ0v) is 14.3. The minimum Gasteiger partial charge on any atom is -0.497 e. The van der Waals surface area contributed by atoms with E-state index in [4.69, 9.17) is 9.47 Å². The van der Waals surface area contributed by atoms with Crippen LogP contribution in [0.25, 0.3) is 0 Å². The van der Waals surface area contributed by atoms with Crippen molar-refractivity contribution in [2.24, 2.45) is 0 Å². The summed E-state index contributed by atoms with van der Waals surface area (Å²) >= 11 is 3.79. The molecule has 0 spiro atoms. The van der Waals surface area contributed by atoms with Crippen LogP contribution in [0.2, 0.25) is 0 Å². The van der Waals surface area contributed by atoms with Gasteiger partial charge >= 0.3 is 0 Å². The standard InChI is InChI=1S/C18H21BrO2/c1-13-12-15(7-11-18(13)21-3)17(19)10-6-14-4-8-16(20-2)9-5-14/h4-5,7-9,11-12,17H,6,10H2,1-3H3. The van der Waals surface area contributed by atoms with Crippen molar-refractivity contribution in [3.63, 3.8) is 0 Å². The maximum absolute atomic E-state index is 5.30. The lowest BCUT2D eigenvalue weighted by Crippen LogP contribution is -1.96. The molecule has 0 bridgehead atoms. The first-order valence-electron chi connectivity index (χ1n) is 7.05. The predicted octanol–water partition coefficient (Wildman–Crippen LogP) is 5.08. The first kappa shape index (κ1) is 15.9. The quantitative estimate of drug-likeness (QED) is 0.677. The van der Waals surface area contributed by atoms with Crippen LogP contribution in [0.4, 0.5) is 0 Å². The highest BCUT2D eigenvalue weighted by Gasteiger charge is 2.10. The Kier molecular flexibility index (Phi) is 5.68. The summed E-state index contributed by atoms with van der Waals surface area (Å²) in [6, 6.07) is 14.6. The van der Waals surface area contributed by atoms with Crippen molar-refractivity contribution in [1.82, 2.24) is 0 Å². The molecule has 1 atom stereocenters. The van der Waals surface area contributed by atoms with E-state index in [1.54, 1.807) is 14.2 Å². The molecule has 1 unspecified atom stereocenters. The number of halogens is 1. The van der Waals surface area contributed by atoms with E-state index in [1.165, 1.54) is 16.7 Å². The second-order valence-corrected chi connectivity index (χ2v) is 6.19. The molecule has 2 rings (SSSR count). The molecule has 0 amide bonds. The van der Waals surface area contributed by atoms with E-state index in [1.807, 2.05) is 18.2 Å². The maximum Gasteiger partial charge on any atom is 0.121 e. The molecule has 0 aromatic heterocycles. The van der Waals surface area contributed by atoms with Crippen molar-refractivity contribution in [3.05, 3.63) is 59.2 Å². The fourth-order valence-corrected chi connectivity index (χ4v) is 2.86. The Bertz CT molecular complexity index is 578. The number of hydrogen-bond acceptors (Lipinski definition) is 2. The molecule has 0 heterocycles. The molecule has 0 N–H and O–H groups in total. The van der Waals surface area contributed by atoms with Crippen molar-refractivity contribution in [3.8, 4) is 11.5 Å². The van der Waals surface area contributed by atoms with E-state index in [2.05, 4.69) is 47.1 Å². The van der Waals surface area contributed by atoms with E-state index in [0.717, 1.165) is 24.3 Å². The van der Waals surface area contributed by atoms with Gasteiger partial charge in [-0.25, -0.2) is 0 Å². The summed E-state index contributed by atoms with van der Waals surface area (Å²) < 4.78 is 10.5. The van der Waals surface area contributed by atoms with Crippen LogP contribution in [0.3, 0.4) is 0 Å². The summed E-state index contributed by atoms with van der Waals surface area (Å²) in [6.07, 6.45) is 2.09. The number of rotatable bonds is 6. The van der Waals surface area contributed by atoms with Crippen LogP contribution < -0.4 is 9.47 Å². The summed E-state index contributed by atoms with van der Waals surface area (Å²) in [5, 5.41) is 0. The normalized spacial score (nSPS) is 12.0. The average Bonchev–Trinajstić information content (AvgIpc) is 2.53. The molecule has 2 nitrogen and oxygen atoms in total. The second-order valence-electron chi connectivity index (χ2n) is 5.08. The van der Waals surface area contributed by atoms with Gasteiger partial charge < -0.3 is 9.47 Å². The number of methoxy groups -OCH3 is 2. The van der Waals surface area contributed by atoms with E-state index in [-0.39, 0.29) is 0 Å². The topological polar surface area (TPSA) is 18.5 Å². The van der Waals surface area contributed by atoms with E-state index < -0.39 is 0 Å². The summed E-state index contributed by atoms with van der Waals surface area (Å²) in [6.45, 7) is 2.07. The number of hydrogen-bond donors (Lipinski definition) is 0. The van der Waals surface area contributed by atoms with Crippen LogP contribution in [0.1, 0.15) is 27.9 Å². The van der Waals surface area contributed by atoms with Gasteiger partial charge in [-0.15, -0.1) is 0 Å². The second kappa shape index (κ2) is 7.51. The number of ether oxygens (including phenoxy) is 2. The van der Waals surface area contributed by atoms with E-state index >= 15 is 0 Å². The monoisotopic (exact) mass is 348 g/mol. The fourth-order valence-electron chi connectivity index (χ4n) is 2.35. The highest BCUT2D eigenvalue weighted by atomic mass is 79.9. The molecule has 0 radical (unpaired) electrons. The molecule has 3 heteroatoms. The Morgan fingerprint density at radius 1 is 1.00 bits per heavy atom. The Morgan fingerprint density at radius 3 is 2.29 bits per heavy atom. The zero-order valence-electron chi connectivity index (χ0n) is 12.7. The lowest BCUT2D eigenvalue weighted by Gasteiger charge is -2.13. The summed E-state index contributed by atoms with van der Waals surface area (Å²) in [7, 11) is 3.40. The van der Waals surface area contributed by atoms with Gasteiger partial charge in [0.05, 0.1) is 14.2 Å². The highest BCUT2D eigenvalue weighted by Crippen LogP contribution is 2.31. The molecule has 0 saturated heterocycles. The molecule has 0 aliphatic rings. The molecular weight excluding hydrogens is 328 g/mol. The van der Waals surface area contributed by atoms with Crippen LogP contribution in [-0.2, 0) is 6.42 Å². The Morgan fingerprint density at radius 2 is 1.71 bits per heavy atom. The molecule has 2 aromatic rings. The lowest BCUT2D eigenvalue weighted by molar-refractivity contribution is 0.411. The van der Waals surface area contributed by atoms with Crippen LogP contribution in [-0.4, -0.2) is 14.2 Å². The summed E-state index contributed by atoms with van der Waals surface area (Å²) in [5.74, 6) is 1.84. The average molecular weight is 349 g/mol. The summed E-state index contributed by atoms with van der Waals surface area (Å²) in [5.41, 5.74) is 3.79. The van der Waals surface area contributed by atoms with Crippen LogP contribution in [0.5, 0.6) is 11.5 Å². The van der Waals surface area contributed by atoms with Gasteiger partial charge in [-0.3, -0.25) is 0 Å². The van der Waals surface area contributed by atoms with E-state index in [9.17, 15) is 0 Å². The predicted molar refractivity (Wildman–Crippen MR) is 90.7 cm³/mol. The molecule has 0 aliphatic carbocycles. The van der Waals surface area contributed by atoms with Gasteiger partial charge in [-0.05, 0) is 54.7 Å². The minimum absolute atomic E-state index is 0.351. The molecular formula is C18H21BrO2. The third-order valence-corrected chi connectivity index (χ3v) is 4.61. The van der Waals surface area contributed by atoms with Crippen LogP contribution in [0, 0.1) is 6.92 Å². The van der Waals surface area contributed by atoms with Crippen molar-refractivity contribution < 1.29 is 9.47 Å². The van der Waals surface area contributed by atoms with Gasteiger partial charge in [-0.2, -0.15) is 0 Å². The van der Waals surface area contributed by atoms with Gasteiger partial charge in [0, 0.05) is 4.83 Å². The summed E-state index contributed by atoms with van der Waals surface area (Å²) in [4.78, 5) is 0.351. The number of benzene rings is 2. The minimum atomic E-state index is 0.351. The first-order chi connectivity index (χ1) is 10.1. The molecule has 2 aromatic carbocycles. The first-order valence-corrected chi connectivity index (χ1v) is 7.97. The maximum atomic E-state index is 5.30. The Hall–Kier alpha value is -1.48. The smallest absolute Gasteiger partial charge is 0.121 e. The lowest BCUT2D eigenvalue weighted by atomic mass is 10.0. The van der Waals surface area contributed by atoms with Crippen molar-refractivity contribution in [2.75, 3.05) is 14.2 Å². The molecule has 21 heavy (non-hydrogen) atoms. The third kappa shape index (κ3) is 4.24. The Labute approximate surface area is 135 Å². The van der Waals surface area contributed by atoms with Gasteiger partial charge in [-0.1, -0.05) is 40.2 Å². The van der Waals surface area contributed by atoms with Gasteiger partial charge in [0.2, 0.25) is 0 Å². The van der Waals surface area contributed by atoms with Gasteiger partial charge in [0.15, 0.2) is 0 Å².